The van der Waals surface area contributed by atoms with Gasteiger partial charge in [0.15, 0.2) is 5.78 Å². The highest BCUT2D eigenvalue weighted by Crippen LogP contribution is 2.50. The van der Waals surface area contributed by atoms with Crippen LogP contribution < -0.4 is 10.6 Å². The molecule has 2 aliphatic rings. The van der Waals surface area contributed by atoms with Gasteiger partial charge in [0.2, 0.25) is 5.95 Å². The van der Waals surface area contributed by atoms with Crippen molar-refractivity contribution >= 4 is 11.7 Å². The Hall–Kier alpha value is -2.74. The minimum absolute atomic E-state index is 0.0672. The van der Waals surface area contributed by atoms with Gasteiger partial charge in [-0.3, -0.25) is 9.59 Å². The van der Waals surface area contributed by atoms with Crippen molar-refractivity contribution in [1.82, 2.24) is 15.6 Å². The molecule has 0 spiro atoms. The number of ketones is 1. The van der Waals surface area contributed by atoms with Crippen molar-refractivity contribution in [3.8, 4) is 0 Å². The summed E-state index contributed by atoms with van der Waals surface area (Å²) >= 11 is 0. The molecule has 0 radical (unpaired) electrons. The first-order valence-electron chi connectivity index (χ1n) is 10.1. The SMILES string of the molecule is O=C(NC(C(=O)C1CC1c1c(F)cccc1F)C1CCNCC1)c1ccnc(F)c1. The van der Waals surface area contributed by atoms with Crippen LogP contribution in [-0.2, 0) is 4.79 Å². The van der Waals surface area contributed by atoms with Crippen LogP contribution in [0.4, 0.5) is 13.2 Å². The van der Waals surface area contributed by atoms with Crippen molar-refractivity contribution in [3.63, 3.8) is 0 Å². The highest BCUT2D eigenvalue weighted by Gasteiger charge is 2.50. The molecule has 5 nitrogen and oxygen atoms in total. The number of piperidine rings is 1. The molecule has 1 aliphatic heterocycles. The Balaban J connectivity index is 1.54. The third-order valence-corrected chi connectivity index (χ3v) is 5.96. The number of hydrogen-bond acceptors (Lipinski definition) is 4. The number of Topliss-reactive ketones (excluding diaryl/α,β-unsaturated/α-hetero) is 1. The zero-order chi connectivity index (χ0) is 21.3. The Morgan fingerprint density at radius 1 is 1.10 bits per heavy atom. The summed E-state index contributed by atoms with van der Waals surface area (Å²) in [5, 5.41) is 5.97. The summed E-state index contributed by atoms with van der Waals surface area (Å²) in [5.74, 6) is -4.08. The van der Waals surface area contributed by atoms with Crippen LogP contribution >= 0.6 is 0 Å². The zero-order valence-corrected chi connectivity index (χ0v) is 16.2. The average Bonchev–Trinajstić information content (AvgIpc) is 3.52. The van der Waals surface area contributed by atoms with E-state index in [4.69, 9.17) is 0 Å². The van der Waals surface area contributed by atoms with Gasteiger partial charge in [-0.15, -0.1) is 0 Å². The summed E-state index contributed by atoms with van der Waals surface area (Å²) < 4.78 is 41.7. The van der Waals surface area contributed by atoms with Crippen molar-refractivity contribution < 1.29 is 22.8 Å². The van der Waals surface area contributed by atoms with Gasteiger partial charge in [-0.2, -0.15) is 4.39 Å². The summed E-state index contributed by atoms with van der Waals surface area (Å²) in [7, 11) is 0. The van der Waals surface area contributed by atoms with Crippen molar-refractivity contribution in [2.75, 3.05) is 13.1 Å². The molecule has 30 heavy (non-hydrogen) atoms. The maximum atomic E-state index is 14.1. The largest absolute Gasteiger partial charge is 0.342 e. The van der Waals surface area contributed by atoms with E-state index >= 15 is 0 Å². The van der Waals surface area contributed by atoms with E-state index in [-0.39, 0.29) is 22.8 Å². The van der Waals surface area contributed by atoms with Gasteiger partial charge in [-0.05, 0) is 56.5 Å². The van der Waals surface area contributed by atoms with E-state index in [1.54, 1.807) is 0 Å². The molecule has 4 rings (SSSR count). The van der Waals surface area contributed by atoms with Crippen LogP contribution in [0.3, 0.4) is 0 Å². The van der Waals surface area contributed by atoms with Gasteiger partial charge >= 0.3 is 0 Å². The number of amides is 1. The Morgan fingerprint density at radius 3 is 2.47 bits per heavy atom. The van der Waals surface area contributed by atoms with Gasteiger partial charge in [0.05, 0.1) is 6.04 Å². The predicted molar refractivity (Wildman–Crippen MR) is 103 cm³/mol. The molecule has 8 heteroatoms. The van der Waals surface area contributed by atoms with Crippen LogP contribution in [0.5, 0.6) is 0 Å². The summed E-state index contributed by atoms with van der Waals surface area (Å²) in [6.45, 7) is 1.43. The van der Waals surface area contributed by atoms with E-state index in [1.807, 2.05) is 0 Å². The van der Waals surface area contributed by atoms with E-state index in [1.165, 1.54) is 30.5 Å². The summed E-state index contributed by atoms with van der Waals surface area (Å²) in [6.07, 6.45) is 2.90. The molecule has 3 unspecified atom stereocenters. The number of carbonyl (C=O) groups is 2. The molecule has 2 fully saturated rings. The highest BCUT2D eigenvalue weighted by molar-refractivity contribution is 5.99. The second-order valence-corrected chi connectivity index (χ2v) is 7.89. The topological polar surface area (TPSA) is 71.1 Å². The maximum absolute atomic E-state index is 14.1. The van der Waals surface area contributed by atoms with E-state index in [0.29, 0.717) is 32.4 Å². The lowest BCUT2D eigenvalue weighted by atomic mass is 9.85. The Bertz CT molecular complexity index is 942. The van der Waals surface area contributed by atoms with Gasteiger partial charge in [0, 0.05) is 35.2 Å². The predicted octanol–water partition coefficient (Wildman–Crippen LogP) is 2.97. The molecule has 2 N–H and O–H groups in total. The lowest BCUT2D eigenvalue weighted by Gasteiger charge is -2.30. The van der Waals surface area contributed by atoms with Crippen molar-refractivity contribution in [2.24, 2.45) is 11.8 Å². The number of aromatic nitrogens is 1. The zero-order valence-electron chi connectivity index (χ0n) is 16.2. The lowest BCUT2D eigenvalue weighted by molar-refractivity contribution is -0.123. The Labute approximate surface area is 172 Å². The fraction of sp³-hybridized carbons (Fsp3) is 0.409. The molecule has 2 aromatic rings. The van der Waals surface area contributed by atoms with Crippen molar-refractivity contribution in [1.29, 1.82) is 0 Å². The first-order chi connectivity index (χ1) is 14.5. The monoisotopic (exact) mass is 417 g/mol. The molecule has 1 aliphatic carbocycles. The van der Waals surface area contributed by atoms with Gasteiger partial charge in [-0.25, -0.2) is 13.8 Å². The number of nitrogens with zero attached hydrogens (tertiary/aromatic N) is 1. The number of nitrogens with one attached hydrogen (secondary N) is 2. The number of rotatable bonds is 6. The second kappa shape index (κ2) is 8.55. The first kappa shape index (κ1) is 20.5. The second-order valence-electron chi connectivity index (χ2n) is 7.89. The Morgan fingerprint density at radius 2 is 1.80 bits per heavy atom. The van der Waals surface area contributed by atoms with E-state index < -0.39 is 41.4 Å². The fourth-order valence-corrected chi connectivity index (χ4v) is 4.29. The molecule has 1 amide bonds. The molecule has 1 aromatic carbocycles. The third kappa shape index (κ3) is 4.23. The molecule has 158 valence electrons. The van der Waals surface area contributed by atoms with Crippen molar-refractivity contribution in [2.45, 2.75) is 31.2 Å². The number of halogens is 3. The number of hydrogen-bond donors (Lipinski definition) is 2. The van der Waals surface area contributed by atoms with E-state index in [0.717, 1.165) is 6.07 Å². The van der Waals surface area contributed by atoms with Crippen molar-refractivity contribution in [3.05, 3.63) is 65.2 Å². The maximum Gasteiger partial charge on any atom is 0.252 e. The van der Waals surface area contributed by atoms with Gasteiger partial charge in [0.25, 0.3) is 5.91 Å². The molecule has 3 atom stereocenters. The summed E-state index contributed by atoms with van der Waals surface area (Å²) in [6, 6.07) is 5.25. The Kier molecular flexibility index (Phi) is 5.85. The van der Waals surface area contributed by atoms with Crippen LogP contribution in [0.25, 0.3) is 0 Å². The molecule has 1 aromatic heterocycles. The van der Waals surface area contributed by atoms with Crippen LogP contribution in [0, 0.1) is 29.4 Å². The lowest BCUT2D eigenvalue weighted by Crippen LogP contribution is -2.49. The molecular formula is C22H22F3N3O2. The normalized spacial score (nSPS) is 22.4. The van der Waals surface area contributed by atoms with Gasteiger partial charge in [-0.1, -0.05) is 6.07 Å². The number of pyridine rings is 1. The minimum atomic E-state index is -0.791. The molecule has 1 saturated carbocycles. The molecule has 0 bridgehead atoms. The number of carbonyl (C=O) groups excluding carboxylic acids is 2. The van der Waals surface area contributed by atoms with E-state index in [2.05, 4.69) is 15.6 Å². The molecule has 2 heterocycles. The van der Waals surface area contributed by atoms with Crippen LogP contribution in [0.1, 0.15) is 41.1 Å². The van der Waals surface area contributed by atoms with Gasteiger partial charge < -0.3 is 10.6 Å². The fourth-order valence-electron chi connectivity index (χ4n) is 4.29. The molecular weight excluding hydrogens is 395 g/mol. The third-order valence-electron chi connectivity index (χ3n) is 5.96. The van der Waals surface area contributed by atoms with E-state index in [9.17, 15) is 22.8 Å². The quantitative estimate of drug-likeness (QED) is 0.709. The standard InChI is InChI=1S/C22H22F3N3O2/c23-16-2-1-3-17(24)19(16)14-11-15(14)21(29)20(12-4-7-26-8-5-12)28-22(30)13-6-9-27-18(25)10-13/h1-3,6,9-10,12,14-15,20,26H,4-5,7-8,11H2,(H,28,30). The smallest absolute Gasteiger partial charge is 0.252 e. The van der Waals surface area contributed by atoms with Crippen LogP contribution in [0.15, 0.2) is 36.5 Å². The summed E-state index contributed by atoms with van der Waals surface area (Å²) in [4.78, 5) is 29.4. The minimum Gasteiger partial charge on any atom is -0.342 e. The average molecular weight is 417 g/mol. The molecule has 1 saturated heterocycles. The number of benzene rings is 1. The summed E-state index contributed by atoms with van der Waals surface area (Å²) in [5.41, 5.74) is 0.00386. The first-order valence-corrected chi connectivity index (χ1v) is 10.1. The van der Waals surface area contributed by atoms with Crippen LogP contribution in [0.2, 0.25) is 0 Å². The highest BCUT2D eigenvalue weighted by atomic mass is 19.1. The van der Waals surface area contributed by atoms with Gasteiger partial charge in [0.1, 0.15) is 11.6 Å². The van der Waals surface area contributed by atoms with Crippen LogP contribution in [-0.4, -0.2) is 35.8 Å².